The Labute approximate surface area is 111 Å². The molecule has 102 valence electrons. The zero-order valence-corrected chi connectivity index (χ0v) is 10.4. The number of nitrogens with two attached hydrogens (primary N) is 1. The Morgan fingerprint density at radius 2 is 2.16 bits per heavy atom. The molecule has 0 aliphatic rings. The number of nitriles is 1. The number of hydrogen-bond donors (Lipinski definition) is 2. The van der Waals surface area contributed by atoms with E-state index in [1.54, 1.807) is 6.07 Å². The smallest absolute Gasteiger partial charge is 0.398 e. The summed E-state index contributed by atoms with van der Waals surface area (Å²) in [6.45, 7) is -0.109. The largest absolute Gasteiger partial charge is 0.416 e. The number of benzene rings is 1. The second kappa shape index (κ2) is 6.33. The van der Waals surface area contributed by atoms with Gasteiger partial charge in [-0.25, -0.2) is 0 Å². The van der Waals surface area contributed by atoms with E-state index in [4.69, 9.17) is 11.0 Å². The van der Waals surface area contributed by atoms with Crippen molar-refractivity contribution in [3.05, 3.63) is 23.8 Å². The summed E-state index contributed by atoms with van der Waals surface area (Å²) < 4.78 is 37.2. The lowest BCUT2D eigenvalue weighted by molar-refractivity contribution is -0.137. The zero-order valence-electron chi connectivity index (χ0n) is 9.62. The lowest BCUT2D eigenvalue weighted by Gasteiger charge is -2.10. The second-order valence-electron chi connectivity index (χ2n) is 3.47. The number of anilines is 1. The average Bonchev–Trinajstić information content (AvgIpc) is 2.33. The number of alkyl halides is 3. The predicted molar refractivity (Wildman–Crippen MR) is 65.2 cm³/mol. The number of rotatable bonds is 4. The Morgan fingerprint density at radius 3 is 2.68 bits per heavy atom. The summed E-state index contributed by atoms with van der Waals surface area (Å²) in [5, 5.41) is 10.6. The lowest BCUT2D eigenvalue weighted by Crippen LogP contribution is -2.25. The normalized spacial score (nSPS) is 10.8. The molecule has 0 aliphatic carbocycles. The first kappa shape index (κ1) is 15.2. The van der Waals surface area contributed by atoms with Crippen molar-refractivity contribution in [3.63, 3.8) is 0 Å². The molecule has 0 heterocycles. The molecule has 1 aromatic carbocycles. The topological polar surface area (TPSA) is 78.9 Å². The van der Waals surface area contributed by atoms with Gasteiger partial charge in [-0.3, -0.25) is 4.79 Å². The van der Waals surface area contributed by atoms with Crippen LogP contribution in [0.3, 0.4) is 0 Å². The number of carbonyl (C=O) groups excluding carboxylic acids is 1. The quantitative estimate of drug-likeness (QED) is 0.505. The first-order valence-electron chi connectivity index (χ1n) is 5.07. The summed E-state index contributed by atoms with van der Waals surface area (Å²) in [7, 11) is 0. The van der Waals surface area contributed by atoms with E-state index in [0.29, 0.717) is 4.90 Å². The molecule has 19 heavy (non-hydrogen) atoms. The Hall–Kier alpha value is -1.88. The van der Waals surface area contributed by atoms with Crippen molar-refractivity contribution < 1.29 is 18.0 Å². The Morgan fingerprint density at radius 1 is 1.47 bits per heavy atom. The number of nitrogens with one attached hydrogen (secondary N) is 1. The molecule has 0 fully saturated rings. The number of nitrogens with zero attached hydrogens (tertiary/aromatic N) is 1. The van der Waals surface area contributed by atoms with Crippen molar-refractivity contribution in [2.45, 2.75) is 11.1 Å². The van der Waals surface area contributed by atoms with Gasteiger partial charge in [0.2, 0.25) is 5.91 Å². The molecule has 3 N–H and O–H groups in total. The SMILES string of the molecule is N#CCNC(=O)CSc1ccc(C(F)(F)F)cc1N. The van der Waals surface area contributed by atoms with Crippen molar-refractivity contribution in [2.75, 3.05) is 18.0 Å². The zero-order chi connectivity index (χ0) is 14.5. The van der Waals surface area contributed by atoms with Crippen molar-refractivity contribution >= 4 is 23.4 Å². The number of hydrogen-bond acceptors (Lipinski definition) is 4. The molecule has 0 aliphatic heterocycles. The highest BCUT2D eigenvalue weighted by molar-refractivity contribution is 8.00. The first-order chi connectivity index (χ1) is 8.84. The minimum absolute atomic E-state index is 0.0166. The summed E-state index contributed by atoms with van der Waals surface area (Å²) in [6.07, 6.45) is -4.44. The number of halogens is 3. The molecule has 1 amide bonds. The second-order valence-corrected chi connectivity index (χ2v) is 4.49. The van der Waals surface area contributed by atoms with E-state index in [-0.39, 0.29) is 23.9 Å². The van der Waals surface area contributed by atoms with E-state index in [2.05, 4.69) is 5.32 Å². The molecule has 0 radical (unpaired) electrons. The fourth-order valence-corrected chi connectivity index (χ4v) is 1.97. The molecule has 1 aromatic rings. The fourth-order valence-electron chi connectivity index (χ4n) is 1.19. The summed E-state index contributed by atoms with van der Waals surface area (Å²) >= 11 is 1.01. The molecule has 0 saturated carbocycles. The van der Waals surface area contributed by atoms with Crippen LogP contribution < -0.4 is 11.1 Å². The van der Waals surface area contributed by atoms with Crippen LogP contribution in [0.2, 0.25) is 0 Å². The lowest BCUT2D eigenvalue weighted by atomic mass is 10.2. The molecule has 0 spiro atoms. The van der Waals surface area contributed by atoms with Crippen molar-refractivity contribution in [2.24, 2.45) is 0 Å². The Kier molecular flexibility index (Phi) is 5.06. The summed E-state index contributed by atoms with van der Waals surface area (Å²) in [6, 6.07) is 4.70. The van der Waals surface area contributed by atoms with Gasteiger partial charge in [-0.2, -0.15) is 18.4 Å². The van der Waals surface area contributed by atoms with E-state index in [1.807, 2.05) is 0 Å². The standard InChI is InChI=1S/C11H10F3N3OS/c12-11(13,14)7-1-2-9(8(16)5-7)19-6-10(18)17-4-3-15/h1-2,5H,4,6,16H2,(H,17,18). The van der Waals surface area contributed by atoms with Gasteiger partial charge in [0, 0.05) is 10.6 Å². The van der Waals surface area contributed by atoms with Gasteiger partial charge < -0.3 is 11.1 Å². The van der Waals surface area contributed by atoms with Crippen LogP contribution >= 0.6 is 11.8 Å². The number of thioether (sulfide) groups is 1. The van der Waals surface area contributed by atoms with E-state index in [1.165, 1.54) is 6.07 Å². The highest BCUT2D eigenvalue weighted by Gasteiger charge is 2.30. The minimum Gasteiger partial charge on any atom is -0.398 e. The molecule has 0 aromatic heterocycles. The van der Waals surface area contributed by atoms with E-state index in [9.17, 15) is 18.0 Å². The highest BCUT2D eigenvalue weighted by Crippen LogP contribution is 2.34. The highest BCUT2D eigenvalue weighted by atomic mass is 32.2. The van der Waals surface area contributed by atoms with Gasteiger partial charge in [0.25, 0.3) is 0 Å². The van der Waals surface area contributed by atoms with Crippen LogP contribution in [-0.4, -0.2) is 18.2 Å². The summed E-state index contributed by atoms with van der Waals surface area (Å²) in [4.78, 5) is 11.6. The molecule has 0 atom stereocenters. The third-order valence-corrected chi connectivity index (χ3v) is 3.15. The van der Waals surface area contributed by atoms with Gasteiger partial charge in [-0.05, 0) is 18.2 Å². The van der Waals surface area contributed by atoms with Gasteiger partial charge >= 0.3 is 6.18 Å². The molecular weight excluding hydrogens is 279 g/mol. The maximum atomic E-state index is 12.4. The summed E-state index contributed by atoms with van der Waals surface area (Å²) in [5.41, 5.74) is 4.63. The van der Waals surface area contributed by atoms with Crippen LogP contribution in [0.5, 0.6) is 0 Å². The van der Waals surface area contributed by atoms with Crippen LogP contribution in [0.15, 0.2) is 23.1 Å². The number of nitrogen functional groups attached to an aromatic ring is 1. The van der Waals surface area contributed by atoms with Crippen molar-refractivity contribution in [1.82, 2.24) is 5.32 Å². The molecular formula is C11H10F3N3OS. The molecule has 0 unspecified atom stereocenters. The van der Waals surface area contributed by atoms with E-state index in [0.717, 1.165) is 23.9 Å². The Bertz CT molecular complexity index is 511. The van der Waals surface area contributed by atoms with Crippen LogP contribution in [0.1, 0.15) is 5.56 Å². The first-order valence-corrected chi connectivity index (χ1v) is 6.06. The number of carbonyl (C=O) groups is 1. The van der Waals surface area contributed by atoms with Crippen molar-refractivity contribution in [3.8, 4) is 6.07 Å². The van der Waals surface area contributed by atoms with Crippen LogP contribution in [0, 0.1) is 11.3 Å². The Balaban J connectivity index is 2.66. The van der Waals surface area contributed by atoms with Gasteiger partial charge in [0.05, 0.1) is 17.4 Å². The maximum Gasteiger partial charge on any atom is 0.416 e. The molecule has 0 bridgehead atoms. The fraction of sp³-hybridized carbons (Fsp3) is 0.273. The van der Waals surface area contributed by atoms with Gasteiger partial charge in [-0.15, -0.1) is 11.8 Å². The van der Waals surface area contributed by atoms with Crippen molar-refractivity contribution in [1.29, 1.82) is 5.26 Å². The van der Waals surface area contributed by atoms with Gasteiger partial charge in [0.1, 0.15) is 6.54 Å². The predicted octanol–water partition coefficient (Wildman–Crippen LogP) is 2.02. The molecule has 8 heteroatoms. The van der Waals surface area contributed by atoms with E-state index >= 15 is 0 Å². The molecule has 1 rings (SSSR count). The molecule has 0 saturated heterocycles. The molecule has 4 nitrogen and oxygen atoms in total. The van der Waals surface area contributed by atoms with Gasteiger partial charge in [-0.1, -0.05) is 0 Å². The van der Waals surface area contributed by atoms with Crippen LogP contribution in [0.25, 0.3) is 0 Å². The average molecular weight is 289 g/mol. The van der Waals surface area contributed by atoms with Crippen LogP contribution in [-0.2, 0) is 11.0 Å². The van der Waals surface area contributed by atoms with Crippen LogP contribution in [0.4, 0.5) is 18.9 Å². The number of amides is 1. The van der Waals surface area contributed by atoms with Gasteiger partial charge in [0.15, 0.2) is 0 Å². The third-order valence-electron chi connectivity index (χ3n) is 2.06. The summed E-state index contributed by atoms with van der Waals surface area (Å²) in [5.74, 6) is -0.400. The minimum atomic E-state index is -4.44. The maximum absolute atomic E-state index is 12.4. The monoisotopic (exact) mass is 289 g/mol. The third kappa shape index (κ3) is 4.71. The van der Waals surface area contributed by atoms with E-state index < -0.39 is 11.7 Å².